The maximum Gasteiger partial charge on any atom is 0.337 e. The molecule has 1 aliphatic carbocycles. The molecular weight excluding hydrogens is 254 g/mol. The Labute approximate surface area is 119 Å². The van der Waals surface area contributed by atoms with E-state index in [1.165, 1.54) is 25.1 Å². The third-order valence-corrected chi connectivity index (χ3v) is 4.39. The summed E-state index contributed by atoms with van der Waals surface area (Å²) in [5.41, 5.74) is 6.74. The fourth-order valence-electron chi connectivity index (χ4n) is 2.87. The van der Waals surface area contributed by atoms with Crippen molar-refractivity contribution in [3.63, 3.8) is 0 Å². The van der Waals surface area contributed by atoms with Crippen LogP contribution in [0.15, 0.2) is 12.3 Å². The molecule has 1 saturated carbocycles. The number of carboxylic acids is 1. The van der Waals surface area contributed by atoms with Crippen molar-refractivity contribution in [2.24, 2.45) is 5.41 Å². The number of aromatic nitrogens is 1. The van der Waals surface area contributed by atoms with Crippen LogP contribution in [0, 0.1) is 5.41 Å². The van der Waals surface area contributed by atoms with Gasteiger partial charge in [0.25, 0.3) is 0 Å². The zero-order chi connectivity index (χ0) is 14.9. The van der Waals surface area contributed by atoms with Gasteiger partial charge < -0.3 is 15.7 Å². The van der Waals surface area contributed by atoms with Gasteiger partial charge in [-0.1, -0.05) is 13.8 Å². The lowest BCUT2D eigenvalue weighted by Crippen LogP contribution is -2.38. The van der Waals surface area contributed by atoms with Crippen molar-refractivity contribution in [3.05, 3.63) is 17.8 Å². The highest BCUT2D eigenvalue weighted by Crippen LogP contribution is 2.38. The predicted molar refractivity (Wildman–Crippen MR) is 80.0 cm³/mol. The zero-order valence-corrected chi connectivity index (χ0v) is 12.4. The molecule has 0 atom stereocenters. The van der Waals surface area contributed by atoms with Crippen molar-refractivity contribution in [2.45, 2.75) is 45.6 Å². The molecule has 0 spiro atoms. The molecule has 2 rings (SSSR count). The average molecular weight is 277 g/mol. The van der Waals surface area contributed by atoms with E-state index < -0.39 is 5.97 Å². The van der Waals surface area contributed by atoms with Crippen molar-refractivity contribution >= 4 is 17.5 Å². The third kappa shape index (κ3) is 2.86. The largest absolute Gasteiger partial charge is 0.478 e. The Balaban J connectivity index is 2.20. The maximum absolute atomic E-state index is 11.1. The summed E-state index contributed by atoms with van der Waals surface area (Å²) in [5.74, 6) is -0.432. The fourth-order valence-corrected chi connectivity index (χ4v) is 2.87. The lowest BCUT2D eigenvalue weighted by Gasteiger charge is -2.39. The van der Waals surface area contributed by atoms with E-state index in [1.807, 2.05) is 11.9 Å². The van der Waals surface area contributed by atoms with E-state index in [1.54, 1.807) is 0 Å². The molecule has 0 bridgehead atoms. The monoisotopic (exact) mass is 277 g/mol. The van der Waals surface area contributed by atoms with Crippen LogP contribution in [-0.4, -0.2) is 29.1 Å². The summed E-state index contributed by atoms with van der Waals surface area (Å²) in [7, 11) is 1.95. The summed E-state index contributed by atoms with van der Waals surface area (Å²) in [4.78, 5) is 17.4. The Morgan fingerprint density at radius 2 is 2.05 bits per heavy atom. The van der Waals surface area contributed by atoms with Crippen molar-refractivity contribution in [3.8, 4) is 0 Å². The number of nitrogens with two attached hydrogens (primary N) is 1. The number of hydrogen-bond donors (Lipinski definition) is 2. The number of anilines is 2. The molecule has 20 heavy (non-hydrogen) atoms. The molecule has 5 nitrogen and oxygen atoms in total. The van der Waals surface area contributed by atoms with Crippen molar-refractivity contribution in [1.29, 1.82) is 0 Å². The van der Waals surface area contributed by atoms with E-state index >= 15 is 0 Å². The molecule has 0 aliphatic heterocycles. The maximum atomic E-state index is 11.1. The molecule has 110 valence electrons. The van der Waals surface area contributed by atoms with Gasteiger partial charge in [-0.15, -0.1) is 0 Å². The summed E-state index contributed by atoms with van der Waals surface area (Å²) in [5, 5.41) is 9.12. The molecule has 0 unspecified atom stereocenters. The van der Waals surface area contributed by atoms with Crippen LogP contribution in [-0.2, 0) is 0 Å². The van der Waals surface area contributed by atoms with Gasteiger partial charge in [-0.05, 0) is 37.2 Å². The quantitative estimate of drug-likeness (QED) is 0.888. The molecule has 0 aromatic carbocycles. The van der Waals surface area contributed by atoms with Crippen LogP contribution in [0.5, 0.6) is 0 Å². The number of nitrogen functional groups attached to an aromatic ring is 1. The predicted octanol–water partition coefficient (Wildman–Crippen LogP) is 2.77. The topological polar surface area (TPSA) is 79.5 Å². The lowest BCUT2D eigenvalue weighted by molar-refractivity contribution is 0.0698. The summed E-state index contributed by atoms with van der Waals surface area (Å²) >= 11 is 0. The van der Waals surface area contributed by atoms with Gasteiger partial charge in [-0.2, -0.15) is 0 Å². The van der Waals surface area contributed by atoms with Gasteiger partial charge in [0.05, 0.1) is 11.3 Å². The first-order valence-corrected chi connectivity index (χ1v) is 7.02. The molecule has 0 amide bonds. The van der Waals surface area contributed by atoms with Crippen molar-refractivity contribution in [2.75, 3.05) is 17.7 Å². The second kappa shape index (κ2) is 5.31. The Hall–Kier alpha value is -1.78. The summed E-state index contributed by atoms with van der Waals surface area (Å²) < 4.78 is 0. The van der Waals surface area contributed by atoms with Gasteiger partial charge in [0.2, 0.25) is 0 Å². The van der Waals surface area contributed by atoms with E-state index in [9.17, 15) is 4.79 Å². The van der Waals surface area contributed by atoms with Crippen LogP contribution in [0.3, 0.4) is 0 Å². The van der Waals surface area contributed by atoms with Gasteiger partial charge in [0.1, 0.15) is 0 Å². The number of aromatic carboxylic acids is 1. The molecule has 1 aromatic rings. The smallest absolute Gasteiger partial charge is 0.337 e. The minimum absolute atomic E-state index is 0.123. The molecule has 5 heteroatoms. The van der Waals surface area contributed by atoms with Crippen LogP contribution in [0.1, 0.15) is 49.9 Å². The van der Waals surface area contributed by atoms with Crippen LogP contribution < -0.4 is 10.6 Å². The van der Waals surface area contributed by atoms with E-state index in [-0.39, 0.29) is 11.3 Å². The molecule has 0 saturated heterocycles. The van der Waals surface area contributed by atoms with Gasteiger partial charge in [-0.25, -0.2) is 9.78 Å². The van der Waals surface area contributed by atoms with Gasteiger partial charge in [0, 0.05) is 19.3 Å². The van der Waals surface area contributed by atoms with E-state index in [2.05, 4.69) is 18.8 Å². The SMILES string of the molecule is CN(c1nccc(C(=O)O)c1N)C1CCC(C)(C)CC1. The molecule has 0 radical (unpaired) electrons. The Morgan fingerprint density at radius 3 is 2.60 bits per heavy atom. The van der Waals surface area contributed by atoms with Gasteiger partial charge in [0.15, 0.2) is 5.82 Å². The summed E-state index contributed by atoms with van der Waals surface area (Å²) in [6.07, 6.45) is 6.02. The lowest BCUT2D eigenvalue weighted by atomic mass is 9.75. The molecule has 1 fully saturated rings. The zero-order valence-electron chi connectivity index (χ0n) is 12.4. The number of hydrogen-bond acceptors (Lipinski definition) is 4. The minimum atomic E-state index is -1.01. The Morgan fingerprint density at radius 1 is 1.45 bits per heavy atom. The summed E-state index contributed by atoms with van der Waals surface area (Å²) in [6, 6.07) is 1.82. The van der Waals surface area contributed by atoms with Crippen molar-refractivity contribution < 1.29 is 9.90 Å². The number of rotatable bonds is 3. The first kappa shape index (κ1) is 14.6. The highest BCUT2D eigenvalue weighted by atomic mass is 16.4. The Kier molecular flexibility index (Phi) is 3.88. The molecule has 1 aromatic heterocycles. The van der Waals surface area contributed by atoms with Gasteiger partial charge in [-0.3, -0.25) is 0 Å². The molecule has 1 aliphatic rings. The Bertz CT molecular complexity index is 504. The van der Waals surface area contributed by atoms with Crippen LogP contribution in [0.2, 0.25) is 0 Å². The second-order valence-electron chi connectivity index (χ2n) is 6.41. The first-order valence-electron chi connectivity index (χ1n) is 7.02. The van der Waals surface area contributed by atoms with Crippen LogP contribution in [0.25, 0.3) is 0 Å². The van der Waals surface area contributed by atoms with E-state index in [0.717, 1.165) is 12.8 Å². The van der Waals surface area contributed by atoms with Crippen LogP contribution >= 0.6 is 0 Å². The molecular formula is C15H23N3O2. The first-order chi connectivity index (χ1) is 9.32. The minimum Gasteiger partial charge on any atom is -0.478 e. The van der Waals surface area contributed by atoms with Gasteiger partial charge >= 0.3 is 5.97 Å². The average Bonchev–Trinajstić information content (AvgIpc) is 2.38. The molecule has 1 heterocycles. The number of carbonyl (C=O) groups is 1. The fraction of sp³-hybridized carbons (Fsp3) is 0.600. The molecule has 3 N–H and O–H groups in total. The second-order valence-corrected chi connectivity index (χ2v) is 6.41. The highest BCUT2D eigenvalue weighted by Gasteiger charge is 2.30. The number of carboxylic acid groups (broad SMARTS) is 1. The third-order valence-electron chi connectivity index (χ3n) is 4.39. The highest BCUT2D eigenvalue weighted by molar-refractivity contribution is 5.96. The normalized spacial score (nSPS) is 18.8. The van der Waals surface area contributed by atoms with E-state index in [4.69, 9.17) is 10.8 Å². The standard InChI is InChI=1S/C15H23N3O2/c1-15(2)7-4-10(5-8-15)18(3)13-12(16)11(14(19)20)6-9-17-13/h6,9-10H,4-5,7-8,16H2,1-3H3,(H,19,20). The van der Waals surface area contributed by atoms with Crippen LogP contribution in [0.4, 0.5) is 11.5 Å². The van der Waals surface area contributed by atoms with Crippen molar-refractivity contribution in [1.82, 2.24) is 4.98 Å². The summed E-state index contributed by atoms with van der Waals surface area (Å²) in [6.45, 7) is 4.59. The number of pyridine rings is 1. The number of nitrogens with zero attached hydrogens (tertiary/aromatic N) is 2. The van der Waals surface area contributed by atoms with E-state index in [0.29, 0.717) is 17.3 Å².